The van der Waals surface area contributed by atoms with Crippen LogP contribution in [0.3, 0.4) is 0 Å². The van der Waals surface area contributed by atoms with E-state index in [9.17, 15) is 0 Å². The fourth-order valence-corrected chi connectivity index (χ4v) is 1.83. The lowest BCUT2D eigenvalue weighted by molar-refractivity contribution is 0.341. The van der Waals surface area contributed by atoms with E-state index in [0.717, 1.165) is 25.7 Å². The zero-order valence-electron chi connectivity index (χ0n) is 12.6. The van der Waals surface area contributed by atoms with E-state index < -0.39 is 0 Å². The van der Waals surface area contributed by atoms with Gasteiger partial charge in [0.25, 0.3) is 0 Å². The average molecular weight is 250 g/mol. The Bertz CT molecular complexity index is 295. The van der Waals surface area contributed by atoms with Crippen LogP contribution in [-0.4, -0.2) is 11.7 Å². The summed E-state index contributed by atoms with van der Waals surface area (Å²) in [4.78, 5) is 0. The van der Waals surface area contributed by atoms with Crippen LogP contribution >= 0.6 is 0 Å². The number of rotatable bonds is 9. The van der Waals surface area contributed by atoms with E-state index in [2.05, 4.69) is 39.8 Å². The van der Waals surface area contributed by atoms with Crippen molar-refractivity contribution < 1.29 is 5.11 Å². The van der Waals surface area contributed by atoms with E-state index in [0.29, 0.717) is 0 Å². The normalized spacial score (nSPS) is 14.2. The molecule has 0 aliphatic rings. The molecule has 0 bridgehead atoms. The van der Waals surface area contributed by atoms with Crippen molar-refractivity contribution in [3.8, 4) is 0 Å². The monoisotopic (exact) mass is 250 g/mol. The van der Waals surface area contributed by atoms with Gasteiger partial charge in [0.05, 0.1) is 6.61 Å². The quantitative estimate of drug-likeness (QED) is 0.559. The summed E-state index contributed by atoms with van der Waals surface area (Å²) in [6.07, 6.45) is 13.5. The Labute approximate surface area is 113 Å². The minimum atomic E-state index is 0.164. The van der Waals surface area contributed by atoms with E-state index >= 15 is 0 Å². The van der Waals surface area contributed by atoms with Gasteiger partial charge in [-0.05, 0) is 52.4 Å². The molecule has 0 aliphatic heterocycles. The maximum absolute atomic E-state index is 8.78. The zero-order valence-corrected chi connectivity index (χ0v) is 12.6. The molecule has 1 heteroatoms. The highest BCUT2D eigenvalue weighted by atomic mass is 16.2. The van der Waals surface area contributed by atoms with Gasteiger partial charge in [0.2, 0.25) is 0 Å². The molecule has 0 amide bonds. The summed E-state index contributed by atoms with van der Waals surface area (Å²) in [6.45, 7) is 8.90. The SMILES string of the molecule is CCC(C)=CCCC(=CCCC(C)=CCO)CC. The fraction of sp³-hybridized carbons (Fsp3) is 0.647. The van der Waals surface area contributed by atoms with Crippen LogP contribution in [0.2, 0.25) is 0 Å². The molecule has 0 aromatic carbocycles. The first-order valence-electron chi connectivity index (χ1n) is 7.24. The van der Waals surface area contributed by atoms with E-state index in [1.54, 1.807) is 5.57 Å². The summed E-state index contributed by atoms with van der Waals surface area (Å²) >= 11 is 0. The Kier molecular flexibility index (Phi) is 10.8. The fourth-order valence-electron chi connectivity index (χ4n) is 1.83. The van der Waals surface area contributed by atoms with E-state index in [1.165, 1.54) is 24.0 Å². The molecule has 1 nitrogen and oxygen atoms in total. The smallest absolute Gasteiger partial charge is 0.0614 e. The number of hydrogen-bond acceptors (Lipinski definition) is 1. The van der Waals surface area contributed by atoms with E-state index in [1.807, 2.05) is 6.08 Å². The van der Waals surface area contributed by atoms with Crippen LogP contribution in [0.5, 0.6) is 0 Å². The van der Waals surface area contributed by atoms with Crippen LogP contribution in [0.1, 0.15) is 66.2 Å². The molecule has 0 aromatic rings. The second-order valence-corrected chi connectivity index (χ2v) is 4.93. The van der Waals surface area contributed by atoms with Gasteiger partial charge >= 0.3 is 0 Å². The molecule has 104 valence electrons. The zero-order chi connectivity index (χ0) is 13.8. The van der Waals surface area contributed by atoms with Crippen molar-refractivity contribution in [3.05, 3.63) is 34.9 Å². The third-order valence-corrected chi connectivity index (χ3v) is 3.38. The van der Waals surface area contributed by atoms with Crippen molar-refractivity contribution in [2.45, 2.75) is 66.2 Å². The maximum atomic E-state index is 8.78. The molecule has 0 aromatic heterocycles. The predicted octanol–water partition coefficient (Wildman–Crippen LogP) is 5.18. The van der Waals surface area contributed by atoms with Crippen molar-refractivity contribution in [3.63, 3.8) is 0 Å². The Morgan fingerprint density at radius 1 is 0.833 bits per heavy atom. The minimum Gasteiger partial charge on any atom is -0.392 e. The highest BCUT2D eigenvalue weighted by Gasteiger charge is 1.95. The summed E-state index contributed by atoms with van der Waals surface area (Å²) in [5.74, 6) is 0. The molecule has 0 saturated carbocycles. The summed E-state index contributed by atoms with van der Waals surface area (Å²) in [7, 11) is 0. The average Bonchev–Trinajstić information content (AvgIpc) is 2.36. The van der Waals surface area contributed by atoms with Crippen LogP contribution in [0.4, 0.5) is 0 Å². The molecule has 0 heterocycles. The summed E-state index contributed by atoms with van der Waals surface area (Å²) < 4.78 is 0. The molecule has 0 saturated heterocycles. The van der Waals surface area contributed by atoms with Gasteiger partial charge in [-0.2, -0.15) is 0 Å². The first-order valence-corrected chi connectivity index (χ1v) is 7.24. The molecule has 0 radical (unpaired) electrons. The van der Waals surface area contributed by atoms with Gasteiger partial charge in [0.1, 0.15) is 0 Å². The van der Waals surface area contributed by atoms with Crippen molar-refractivity contribution in [1.29, 1.82) is 0 Å². The Balaban J connectivity index is 4.05. The summed E-state index contributed by atoms with van der Waals surface area (Å²) in [5, 5.41) is 8.78. The predicted molar refractivity (Wildman–Crippen MR) is 81.7 cm³/mol. The summed E-state index contributed by atoms with van der Waals surface area (Å²) in [6, 6.07) is 0. The second kappa shape index (κ2) is 11.3. The lowest BCUT2D eigenvalue weighted by Crippen LogP contribution is -1.85. The highest BCUT2D eigenvalue weighted by molar-refractivity contribution is 5.07. The van der Waals surface area contributed by atoms with Gasteiger partial charge in [-0.3, -0.25) is 0 Å². The first kappa shape index (κ1) is 17.2. The number of aliphatic hydroxyl groups excluding tert-OH is 1. The van der Waals surface area contributed by atoms with Crippen LogP contribution in [0, 0.1) is 0 Å². The minimum absolute atomic E-state index is 0.164. The van der Waals surface area contributed by atoms with Crippen LogP contribution in [-0.2, 0) is 0 Å². The molecule has 0 unspecified atom stereocenters. The Hall–Kier alpha value is -0.820. The summed E-state index contributed by atoms with van der Waals surface area (Å²) in [5.41, 5.74) is 4.34. The molecular weight excluding hydrogens is 220 g/mol. The van der Waals surface area contributed by atoms with Crippen LogP contribution in [0.25, 0.3) is 0 Å². The maximum Gasteiger partial charge on any atom is 0.0614 e. The van der Waals surface area contributed by atoms with Crippen molar-refractivity contribution in [1.82, 2.24) is 0 Å². The number of allylic oxidation sites excluding steroid dienone is 5. The molecule has 0 rings (SSSR count). The van der Waals surface area contributed by atoms with Gasteiger partial charge in [0.15, 0.2) is 0 Å². The standard InChI is InChI=1S/C17H30O/c1-5-15(3)9-7-11-17(6-2)12-8-10-16(4)13-14-18/h9,12-13,18H,5-8,10-11,14H2,1-4H3. The van der Waals surface area contributed by atoms with E-state index in [-0.39, 0.29) is 6.61 Å². The molecule has 1 N–H and O–H groups in total. The number of aliphatic hydroxyl groups is 1. The van der Waals surface area contributed by atoms with Crippen molar-refractivity contribution >= 4 is 0 Å². The first-order chi connectivity index (χ1) is 8.63. The largest absolute Gasteiger partial charge is 0.392 e. The highest BCUT2D eigenvalue weighted by Crippen LogP contribution is 2.15. The van der Waals surface area contributed by atoms with Gasteiger partial charge in [-0.15, -0.1) is 0 Å². The molecule has 18 heavy (non-hydrogen) atoms. The molecule has 0 fully saturated rings. The molecular formula is C17H30O. The Morgan fingerprint density at radius 2 is 1.50 bits per heavy atom. The third kappa shape index (κ3) is 9.23. The van der Waals surface area contributed by atoms with Gasteiger partial charge in [0, 0.05) is 0 Å². The number of hydrogen-bond donors (Lipinski definition) is 1. The molecule has 0 spiro atoms. The van der Waals surface area contributed by atoms with Gasteiger partial charge in [-0.1, -0.05) is 48.8 Å². The lowest BCUT2D eigenvalue weighted by Gasteiger charge is -2.04. The van der Waals surface area contributed by atoms with Crippen LogP contribution in [0.15, 0.2) is 34.9 Å². The van der Waals surface area contributed by atoms with Crippen LogP contribution < -0.4 is 0 Å². The van der Waals surface area contributed by atoms with E-state index in [4.69, 9.17) is 5.11 Å². The van der Waals surface area contributed by atoms with Crippen molar-refractivity contribution in [2.75, 3.05) is 6.61 Å². The second-order valence-electron chi connectivity index (χ2n) is 4.93. The van der Waals surface area contributed by atoms with Gasteiger partial charge in [-0.25, -0.2) is 0 Å². The topological polar surface area (TPSA) is 20.2 Å². The lowest BCUT2D eigenvalue weighted by atomic mass is 10.0. The third-order valence-electron chi connectivity index (χ3n) is 3.38. The Morgan fingerprint density at radius 3 is 2.06 bits per heavy atom. The van der Waals surface area contributed by atoms with Gasteiger partial charge < -0.3 is 5.11 Å². The van der Waals surface area contributed by atoms with Crippen molar-refractivity contribution in [2.24, 2.45) is 0 Å². The molecule has 0 atom stereocenters. The molecule has 0 aliphatic carbocycles.